The molecule has 2 heterocycles. The maximum absolute atomic E-state index is 6.29. The fourth-order valence-corrected chi connectivity index (χ4v) is 3.62. The van der Waals surface area contributed by atoms with Crippen LogP contribution in [0.4, 0.5) is 0 Å². The summed E-state index contributed by atoms with van der Waals surface area (Å²) in [5, 5.41) is 0.612. The van der Waals surface area contributed by atoms with Crippen LogP contribution in [0.5, 0.6) is 11.5 Å². The van der Waals surface area contributed by atoms with Gasteiger partial charge in [0.1, 0.15) is 0 Å². The number of benzene rings is 1. The summed E-state index contributed by atoms with van der Waals surface area (Å²) in [6.45, 7) is 4.18. The second-order valence-electron chi connectivity index (χ2n) is 5.43. The number of hydrogen-bond donors (Lipinski definition) is 1. The van der Waals surface area contributed by atoms with Crippen molar-refractivity contribution in [3.8, 4) is 11.5 Å². The number of fused-ring (bicyclic) bond motifs is 1. The maximum atomic E-state index is 6.29. The van der Waals surface area contributed by atoms with Gasteiger partial charge in [-0.2, -0.15) is 0 Å². The van der Waals surface area contributed by atoms with Crippen molar-refractivity contribution < 1.29 is 9.47 Å². The van der Waals surface area contributed by atoms with E-state index in [0.717, 1.165) is 24.3 Å². The Hall–Kier alpha value is -0.970. The van der Waals surface area contributed by atoms with Crippen molar-refractivity contribution in [3.05, 3.63) is 22.7 Å². The zero-order valence-corrected chi connectivity index (χ0v) is 12.5. The lowest BCUT2D eigenvalue weighted by molar-refractivity contribution is 0.172. The van der Waals surface area contributed by atoms with E-state index in [4.69, 9.17) is 26.8 Å². The van der Waals surface area contributed by atoms with Crippen LogP contribution >= 0.6 is 11.6 Å². The SMILES string of the molecule is CCC1CCCN1C(CN)c1cc(Cl)c2c(c1)OCO2. The van der Waals surface area contributed by atoms with Crippen LogP contribution in [0.15, 0.2) is 12.1 Å². The summed E-state index contributed by atoms with van der Waals surface area (Å²) in [6, 6.07) is 4.82. The lowest BCUT2D eigenvalue weighted by Crippen LogP contribution is -2.37. The average Bonchev–Trinajstić information content (AvgIpc) is 3.08. The van der Waals surface area contributed by atoms with Crippen LogP contribution in [-0.2, 0) is 0 Å². The number of nitrogens with zero attached hydrogens (tertiary/aromatic N) is 1. The monoisotopic (exact) mass is 296 g/mol. The molecule has 0 spiro atoms. The standard InChI is InChI=1S/C15H21ClN2O2/c1-2-11-4-3-5-18(11)13(8-17)10-6-12(16)15-14(7-10)19-9-20-15/h6-7,11,13H,2-5,8-9,17H2,1H3. The summed E-state index contributed by atoms with van der Waals surface area (Å²) in [4.78, 5) is 2.51. The van der Waals surface area contributed by atoms with Crippen molar-refractivity contribution in [2.75, 3.05) is 19.9 Å². The first kappa shape index (κ1) is 14.0. The molecular weight excluding hydrogens is 276 g/mol. The molecule has 0 bridgehead atoms. The Bertz CT molecular complexity index is 495. The normalized spacial score (nSPS) is 23.2. The molecule has 1 aromatic rings. The highest BCUT2D eigenvalue weighted by molar-refractivity contribution is 6.32. The van der Waals surface area contributed by atoms with Crippen LogP contribution in [0.25, 0.3) is 0 Å². The van der Waals surface area contributed by atoms with Gasteiger partial charge in [0, 0.05) is 18.6 Å². The molecule has 3 rings (SSSR count). The average molecular weight is 297 g/mol. The third-order valence-electron chi connectivity index (χ3n) is 4.35. The van der Waals surface area contributed by atoms with E-state index in [0.29, 0.717) is 23.4 Å². The van der Waals surface area contributed by atoms with Crippen LogP contribution in [0.2, 0.25) is 5.02 Å². The molecular formula is C15H21ClN2O2. The van der Waals surface area contributed by atoms with E-state index in [1.165, 1.54) is 12.8 Å². The molecule has 1 aromatic carbocycles. The Balaban J connectivity index is 1.91. The van der Waals surface area contributed by atoms with E-state index >= 15 is 0 Å². The fraction of sp³-hybridized carbons (Fsp3) is 0.600. The summed E-state index contributed by atoms with van der Waals surface area (Å²) in [5.74, 6) is 1.39. The Morgan fingerprint density at radius 3 is 3.05 bits per heavy atom. The topological polar surface area (TPSA) is 47.7 Å². The fourth-order valence-electron chi connectivity index (χ4n) is 3.35. The van der Waals surface area contributed by atoms with Gasteiger partial charge in [-0.05, 0) is 43.5 Å². The molecule has 0 aliphatic carbocycles. The van der Waals surface area contributed by atoms with E-state index in [2.05, 4.69) is 11.8 Å². The Kier molecular flexibility index (Phi) is 4.06. The van der Waals surface area contributed by atoms with E-state index in [1.54, 1.807) is 0 Å². The number of likely N-dealkylation sites (tertiary alicyclic amines) is 1. The number of ether oxygens (including phenoxy) is 2. The van der Waals surface area contributed by atoms with Gasteiger partial charge in [-0.3, -0.25) is 4.90 Å². The van der Waals surface area contributed by atoms with E-state index in [9.17, 15) is 0 Å². The molecule has 2 unspecified atom stereocenters. The van der Waals surface area contributed by atoms with E-state index in [1.807, 2.05) is 12.1 Å². The van der Waals surface area contributed by atoms with Crippen LogP contribution in [0, 0.1) is 0 Å². The second kappa shape index (κ2) is 5.80. The number of halogens is 1. The third-order valence-corrected chi connectivity index (χ3v) is 4.63. The predicted octanol–water partition coefficient (Wildman–Crippen LogP) is 2.94. The molecule has 5 heteroatoms. The lowest BCUT2D eigenvalue weighted by Gasteiger charge is -2.32. The van der Waals surface area contributed by atoms with Crippen LogP contribution in [0.3, 0.4) is 0 Å². The highest BCUT2D eigenvalue weighted by Crippen LogP contribution is 2.42. The molecule has 110 valence electrons. The van der Waals surface area contributed by atoms with Crippen molar-refractivity contribution in [1.29, 1.82) is 0 Å². The first-order valence-corrected chi connectivity index (χ1v) is 7.67. The van der Waals surface area contributed by atoms with Crippen molar-refractivity contribution >= 4 is 11.6 Å². The van der Waals surface area contributed by atoms with Gasteiger partial charge in [-0.1, -0.05) is 18.5 Å². The molecule has 0 amide bonds. The molecule has 0 aromatic heterocycles. The van der Waals surface area contributed by atoms with Gasteiger partial charge >= 0.3 is 0 Å². The lowest BCUT2D eigenvalue weighted by atomic mass is 10.0. The molecule has 2 aliphatic heterocycles. The van der Waals surface area contributed by atoms with Crippen molar-refractivity contribution in [2.45, 2.75) is 38.3 Å². The third kappa shape index (κ3) is 2.36. The molecule has 1 fully saturated rings. The molecule has 20 heavy (non-hydrogen) atoms. The highest BCUT2D eigenvalue weighted by atomic mass is 35.5. The van der Waals surface area contributed by atoms with Gasteiger partial charge in [0.25, 0.3) is 0 Å². The van der Waals surface area contributed by atoms with Crippen molar-refractivity contribution in [1.82, 2.24) is 4.90 Å². The Morgan fingerprint density at radius 1 is 1.45 bits per heavy atom. The molecule has 2 aliphatic rings. The van der Waals surface area contributed by atoms with Gasteiger partial charge in [-0.15, -0.1) is 0 Å². The van der Waals surface area contributed by atoms with Crippen LogP contribution in [-0.4, -0.2) is 30.8 Å². The van der Waals surface area contributed by atoms with E-state index in [-0.39, 0.29) is 12.8 Å². The minimum atomic E-state index is 0.203. The molecule has 2 N–H and O–H groups in total. The van der Waals surface area contributed by atoms with Gasteiger partial charge in [-0.25, -0.2) is 0 Å². The van der Waals surface area contributed by atoms with Crippen LogP contribution < -0.4 is 15.2 Å². The van der Waals surface area contributed by atoms with Gasteiger partial charge < -0.3 is 15.2 Å². The smallest absolute Gasteiger partial charge is 0.231 e. The highest BCUT2D eigenvalue weighted by Gasteiger charge is 2.31. The second-order valence-corrected chi connectivity index (χ2v) is 5.84. The first-order valence-electron chi connectivity index (χ1n) is 7.29. The van der Waals surface area contributed by atoms with Crippen molar-refractivity contribution in [3.63, 3.8) is 0 Å². The summed E-state index contributed by atoms with van der Waals surface area (Å²) < 4.78 is 10.8. The van der Waals surface area contributed by atoms with Gasteiger partial charge in [0.05, 0.1) is 5.02 Å². The molecule has 4 nitrogen and oxygen atoms in total. The summed E-state index contributed by atoms with van der Waals surface area (Å²) in [7, 11) is 0. The van der Waals surface area contributed by atoms with Crippen molar-refractivity contribution in [2.24, 2.45) is 5.73 Å². The summed E-state index contributed by atoms with van der Waals surface area (Å²) in [5.41, 5.74) is 7.17. The summed E-state index contributed by atoms with van der Waals surface area (Å²) in [6.07, 6.45) is 3.66. The molecule has 1 saturated heterocycles. The Labute approximate surface area is 124 Å². The zero-order chi connectivity index (χ0) is 14.1. The molecule has 0 saturated carbocycles. The maximum Gasteiger partial charge on any atom is 0.231 e. The summed E-state index contributed by atoms with van der Waals surface area (Å²) >= 11 is 6.29. The predicted molar refractivity (Wildman–Crippen MR) is 79.4 cm³/mol. The van der Waals surface area contributed by atoms with Gasteiger partial charge in [0.2, 0.25) is 6.79 Å². The minimum absolute atomic E-state index is 0.203. The Morgan fingerprint density at radius 2 is 2.30 bits per heavy atom. The minimum Gasteiger partial charge on any atom is -0.454 e. The number of rotatable bonds is 4. The first-order chi connectivity index (χ1) is 9.74. The molecule has 0 radical (unpaired) electrons. The molecule has 2 atom stereocenters. The quantitative estimate of drug-likeness (QED) is 0.928. The largest absolute Gasteiger partial charge is 0.454 e. The van der Waals surface area contributed by atoms with Gasteiger partial charge in [0.15, 0.2) is 11.5 Å². The number of nitrogens with two attached hydrogens (primary N) is 1. The van der Waals surface area contributed by atoms with Crippen LogP contribution in [0.1, 0.15) is 37.8 Å². The van der Waals surface area contributed by atoms with E-state index < -0.39 is 0 Å². The zero-order valence-electron chi connectivity index (χ0n) is 11.8. The number of hydrogen-bond acceptors (Lipinski definition) is 4.